The summed E-state index contributed by atoms with van der Waals surface area (Å²) in [6, 6.07) is 5.60. The molecule has 1 aromatic carbocycles. The van der Waals surface area contributed by atoms with E-state index in [1.807, 2.05) is 37.4 Å². The van der Waals surface area contributed by atoms with Gasteiger partial charge in [0.1, 0.15) is 10.8 Å². The van der Waals surface area contributed by atoms with Gasteiger partial charge in [-0.05, 0) is 39.0 Å². The predicted molar refractivity (Wildman–Crippen MR) is 88.1 cm³/mol. The second-order valence-electron chi connectivity index (χ2n) is 5.05. The van der Waals surface area contributed by atoms with Crippen LogP contribution < -0.4 is 10.5 Å². The van der Waals surface area contributed by atoms with Gasteiger partial charge < -0.3 is 15.2 Å². The molecule has 1 heterocycles. The number of ether oxygens (including phenoxy) is 2. The first kappa shape index (κ1) is 16.3. The fraction of sp³-hybridized carbons (Fsp3) is 0.375. The van der Waals surface area contributed by atoms with Gasteiger partial charge in [-0.2, -0.15) is 0 Å². The third kappa shape index (κ3) is 4.21. The number of carbonyl (C=O) groups is 1. The van der Waals surface area contributed by atoms with E-state index in [0.717, 1.165) is 10.6 Å². The van der Waals surface area contributed by atoms with Crippen molar-refractivity contribution in [3.8, 4) is 16.3 Å². The molecule has 2 rings (SSSR count). The maximum atomic E-state index is 11.5. The highest BCUT2D eigenvalue weighted by molar-refractivity contribution is 7.13. The van der Waals surface area contributed by atoms with Crippen LogP contribution in [-0.4, -0.2) is 23.7 Å². The Bertz CT molecular complexity index is 653. The molecule has 0 radical (unpaired) electrons. The van der Waals surface area contributed by atoms with Crippen molar-refractivity contribution in [1.29, 1.82) is 0 Å². The Labute approximate surface area is 134 Å². The zero-order valence-electron chi connectivity index (χ0n) is 13.0. The van der Waals surface area contributed by atoms with Gasteiger partial charge in [0.25, 0.3) is 0 Å². The van der Waals surface area contributed by atoms with E-state index in [1.54, 1.807) is 6.92 Å². The largest absolute Gasteiger partial charge is 0.489 e. The fourth-order valence-corrected chi connectivity index (χ4v) is 2.74. The minimum Gasteiger partial charge on any atom is -0.489 e. The Hall–Kier alpha value is -2.08. The number of nitrogens with zero attached hydrogens (tertiary/aromatic N) is 1. The Kier molecular flexibility index (Phi) is 5.38. The van der Waals surface area contributed by atoms with Crippen molar-refractivity contribution in [1.82, 2.24) is 4.98 Å². The highest BCUT2D eigenvalue weighted by atomic mass is 32.1. The Morgan fingerprint density at radius 2 is 2.18 bits per heavy atom. The van der Waals surface area contributed by atoms with E-state index < -0.39 is 0 Å². The summed E-state index contributed by atoms with van der Waals surface area (Å²) in [5.41, 5.74) is 8.21. The molecule has 5 nitrogen and oxygen atoms in total. The molecule has 0 spiro atoms. The Morgan fingerprint density at radius 3 is 2.82 bits per heavy atom. The van der Waals surface area contributed by atoms with Crippen LogP contribution in [0.2, 0.25) is 0 Å². The molecule has 2 N–H and O–H groups in total. The van der Waals surface area contributed by atoms with Crippen molar-refractivity contribution in [2.75, 3.05) is 12.3 Å². The van der Waals surface area contributed by atoms with Crippen LogP contribution in [0.1, 0.15) is 26.5 Å². The first-order valence-corrected chi connectivity index (χ1v) is 8.04. The number of nitrogen functional groups attached to an aromatic ring is 1. The summed E-state index contributed by atoms with van der Waals surface area (Å²) in [6.07, 6.45) is 0.262. The second kappa shape index (κ2) is 7.26. The molecule has 0 saturated carbocycles. The topological polar surface area (TPSA) is 74.4 Å². The number of nitrogens with two attached hydrogens (primary N) is 1. The molecule has 6 heteroatoms. The average molecular weight is 320 g/mol. The molecule has 2 aromatic rings. The molecular weight excluding hydrogens is 300 g/mol. The SMILES string of the molecule is CCOC(=O)Cc1csc(-c2ccc(OC(C)C)c(N)c2)n1. The molecule has 0 atom stereocenters. The third-order valence-corrected chi connectivity index (χ3v) is 3.74. The maximum Gasteiger partial charge on any atom is 0.311 e. The van der Waals surface area contributed by atoms with Gasteiger partial charge in [0, 0.05) is 10.9 Å². The van der Waals surface area contributed by atoms with Crippen LogP contribution in [0.5, 0.6) is 5.75 Å². The summed E-state index contributed by atoms with van der Waals surface area (Å²) in [6.45, 7) is 6.07. The van der Waals surface area contributed by atoms with E-state index in [0.29, 0.717) is 23.7 Å². The predicted octanol–water partition coefficient (Wildman–Crippen LogP) is 3.29. The van der Waals surface area contributed by atoms with E-state index in [1.165, 1.54) is 11.3 Å². The molecule has 118 valence electrons. The molecule has 0 amide bonds. The minimum absolute atomic E-state index is 0.0733. The lowest BCUT2D eigenvalue weighted by molar-refractivity contribution is -0.142. The first-order valence-electron chi connectivity index (χ1n) is 7.16. The van der Waals surface area contributed by atoms with Crippen molar-refractivity contribution in [2.24, 2.45) is 0 Å². The molecule has 0 unspecified atom stereocenters. The monoisotopic (exact) mass is 320 g/mol. The van der Waals surface area contributed by atoms with Crippen molar-refractivity contribution >= 4 is 23.0 Å². The van der Waals surface area contributed by atoms with E-state index >= 15 is 0 Å². The smallest absolute Gasteiger partial charge is 0.311 e. The number of aromatic nitrogens is 1. The standard InChI is InChI=1S/C16H20N2O3S/c1-4-20-15(19)8-12-9-22-16(18-12)11-5-6-14(13(17)7-11)21-10(2)3/h5-7,9-10H,4,8,17H2,1-3H3. The number of rotatable bonds is 6. The van der Waals surface area contributed by atoms with Gasteiger partial charge in [0.15, 0.2) is 0 Å². The lowest BCUT2D eigenvalue weighted by Crippen LogP contribution is -2.07. The molecule has 0 bridgehead atoms. The molecule has 0 aliphatic heterocycles. The number of hydrogen-bond donors (Lipinski definition) is 1. The molecule has 22 heavy (non-hydrogen) atoms. The van der Waals surface area contributed by atoms with Crippen molar-refractivity contribution in [3.05, 3.63) is 29.3 Å². The number of thiazole rings is 1. The first-order chi connectivity index (χ1) is 10.5. The van der Waals surface area contributed by atoms with Crippen molar-refractivity contribution in [3.63, 3.8) is 0 Å². The number of anilines is 1. The molecule has 0 saturated heterocycles. The Morgan fingerprint density at radius 1 is 1.41 bits per heavy atom. The van der Waals surface area contributed by atoms with Crippen LogP contribution in [0.25, 0.3) is 10.6 Å². The summed E-state index contributed by atoms with van der Waals surface area (Å²) < 4.78 is 10.5. The van der Waals surface area contributed by atoms with Crippen LogP contribution >= 0.6 is 11.3 Å². The molecule has 1 aromatic heterocycles. The fourth-order valence-electron chi connectivity index (χ4n) is 1.92. The lowest BCUT2D eigenvalue weighted by atomic mass is 10.2. The van der Waals surface area contributed by atoms with Crippen LogP contribution in [0.4, 0.5) is 5.69 Å². The summed E-state index contributed by atoms with van der Waals surface area (Å²) in [5.74, 6) is 0.404. The van der Waals surface area contributed by atoms with Crippen molar-refractivity contribution < 1.29 is 14.3 Å². The minimum atomic E-state index is -0.264. The van der Waals surface area contributed by atoms with E-state index in [4.69, 9.17) is 15.2 Å². The molecular formula is C16H20N2O3S. The lowest BCUT2D eigenvalue weighted by Gasteiger charge is -2.12. The van der Waals surface area contributed by atoms with Gasteiger partial charge in [-0.3, -0.25) is 4.79 Å². The molecule has 0 fully saturated rings. The van der Waals surface area contributed by atoms with Crippen LogP contribution in [0, 0.1) is 0 Å². The second-order valence-corrected chi connectivity index (χ2v) is 5.90. The zero-order chi connectivity index (χ0) is 16.1. The summed E-state index contributed by atoms with van der Waals surface area (Å²) in [7, 11) is 0. The summed E-state index contributed by atoms with van der Waals surface area (Å²) >= 11 is 1.48. The quantitative estimate of drug-likeness (QED) is 0.653. The van der Waals surface area contributed by atoms with Gasteiger partial charge in [-0.15, -0.1) is 11.3 Å². The van der Waals surface area contributed by atoms with Crippen molar-refractivity contribution in [2.45, 2.75) is 33.3 Å². The number of esters is 1. The van der Waals surface area contributed by atoms with E-state index in [9.17, 15) is 4.79 Å². The number of hydrogen-bond acceptors (Lipinski definition) is 6. The van der Waals surface area contributed by atoms with Gasteiger partial charge in [-0.1, -0.05) is 0 Å². The maximum absolute atomic E-state index is 11.5. The normalized spacial score (nSPS) is 10.7. The van der Waals surface area contributed by atoms with Gasteiger partial charge >= 0.3 is 5.97 Å². The van der Waals surface area contributed by atoms with Gasteiger partial charge in [-0.25, -0.2) is 4.98 Å². The van der Waals surface area contributed by atoms with Crippen LogP contribution in [0.15, 0.2) is 23.6 Å². The summed E-state index contributed by atoms with van der Waals surface area (Å²) in [5, 5.41) is 2.68. The van der Waals surface area contributed by atoms with Gasteiger partial charge in [0.2, 0.25) is 0 Å². The highest BCUT2D eigenvalue weighted by Gasteiger charge is 2.11. The van der Waals surface area contributed by atoms with Crippen LogP contribution in [0.3, 0.4) is 0 Å². The average Bonchev–Trinajstić information content (AvgIpc) is 2.89. The summed E-state index contributed by atoms with van der Waals surface area (Å²) in [4.78, 5) is 15.9. The number of carbonyl (C=O) groups excluding carboxylic acids is 1. The van der Waals surface area contributed by atoms with E-state index in [2.05, 4.69) is 4.98 Å². The number of benzene rings is 1. The van der Waals surface area contributed by atoms with Gasteiger partial charge in [0.05, 0.1) is 30.5 Å². The third-order valence-electron chi connectivity index (χ3n) is 2.80. The van der Waals surface area contributed by atoms with E-state index in [-0.39, 0.29) is 18.5 Å². The zero-order valence-corrected chi connectivity index (χ0v) is 13.8. The Balaban J connectivity index is 2.14. The highest BCUT2D eigenvalue weighted by Crippen LogP contribution is 2.31. The molecule has 0 aliphatic carbocycles. The van der Waals surface area contributed by atoms with Crippen LogP contribution in [-0.2, 0) is 16.0 Å². The molecule has 0 aliphatic rings.